The predicted molar refractivity (Wildman–Crippen MR) is 66.9 cm³/mol. The summed E-state index contributed by atoms with van der Waals surface area (Å²) in [4.78, 5) is 17.0. The quantitative estimate of drug-likeness (QED) is 0.821. The van der Waals surface area contributed by atoms with Crippen molar-refractivity contribution < 1.29 is 9.18 Å². The minimum Gasteiger partial charge on any atom is -0.364 e. The van der Waals surface area contributed by atoms with Crippen molar-refractivity contribution in [3.05, 3.63) is 47.5 Å². The third-order valence-corrected chi connectivity index (χ3v) is 3.37. The number of aromatic nitrogens is 1. The highest BCUT2D eigenvalue weighted by atomic mass is 19.1. The van der Waals surface area contributed by atoms with Gasteiger partial charge in [0.05, 0.1) is 5.56 Å². The second kappa shape index (κ2) is 3.98. The van der Waals surface area contributed by atoms with Gasteiger partial charge in [-0.3, -0.25) is 4.79 Å². The van der Waals surface area contributed by atoms with Gasteiger partial charge < -0.3 is 9.88 Å². The lowest BCUT2D eigenvalue weighted by atomic mass is 9.98. The fraction of sp³-hybridized carbons (Fsp3) is 0.214. The highest BCUT2D eigenvalue weighted by molar-refractivity contribution is 6.02. The number of nitrogens with zero attached hydrogens (tertiary/aromatic N) is 1. The average Bonchev–Trinajstić information content (AvgIpc) is 2.79. The maximum Gasteiger partial charge on any atom is 0.256 e. The molecule has 0 bridgehead atoms. The van der Waals surface area contributed by atoms with Gasteiger partial charge in [-0.15, -0.1) is 0 Å². The number of nitrogens with one attached hydrogen (secondary N) is 1. The Morgan fingerprint density at radius 2 is 2.00 bits per heavy atom. The van der Waals surface area contributed by atoms with Crippen molar-refractivity contribution >= 4 is 5.91 Å². The first-order valence-corrected chi connectivity index (χ1v) is 5.88. The Morgan fingerprint density at radius 3 is 2.72 bits per heavy atom. The van der Waals surface area contributed by atoms with Crippen molar-refractivity contribution in [2.75, 3.05) is 13.6 Å². The first-order valence-electron chi connectivity index (χ1n) is 5.88. The van der Waals surface area contributed by atoms with Crippen molar-refractivity contribution in [3.63, 3.8) is 0 Å². The van der Waals surface area contributed by atoms with Crippen LogP contribution >= 0.6 is 0 Å². The molecular formula is C14H13FN2O. The van der Waals surface area contributed by atoms with Crippen LogP contribution in [-0.2, 0) is 6.42 Å². The molecule has 0 spiro atoms. The number of aromatic amines is 1. The van der Waals surface area contributed by atoms with Crippen LogP contribution in [0.1, 0.15) is 16.1 Å². The van der Waals surface area contributed by atoms with Crippen molar-refractivity contribution in [2.24, 2.45) is 0 Å². The van der Waals surface area contributed by atoms with Gasteiger partial charge in [0, 0.05) is 37.5 Å². The smallest absolute Gasteiger partial charge is 0.256 e. The molecule has 3 nitrogen and oxygen atoms in total. The standard InChI is InChI=1S/C14H13FN2O/c1-17-7-6-12-13(14(17)18)11(8-16-12)9-2-4-10(15)5-3-9/h2-5,8,16H,6-7H2,1H3. The molecule has 0 saturated carbocycles. The van der Waals surface area contributed by atoms with Crippen LogP contribution in [0.5, 0.6) is 0 Å². The fourth-order valence-electron chi connectivity index (χ4n) is 2.34. The number of hydrogen-bond donors (Lipinski definition) is 1. The number of rotatable bonds is 1. The number of carbonyl (C=O) groups excluding carboxylic acids is 1. The lowest BCUT2D eigenvalue weighted by Crippen LogP contribution is -2.34. The summed E-state index contributed by atoms with van der Waals surface area (Å²) in [6, 6.07) is 6.21. The molecule has 1 aliphatic heterocycles. The number of H-pyrrole nitrogens is 1. The van der Waals surface area contributed by atoms with Gasteiger partial charge in [0.1, 0.15) is 5.82 Å². The maximum atomic E-state index is 12.9. The summed E-state index contributed by atoms with van der Waals surface area (Å²) in [5.41, 5.74) is 3.40. The summed E-state index contributed by atoms with van der Waals surface area (Å²) < 4.78 is 12.9. The Hall–Kier alpha value is -2.10. The maximum absolute atomic E-state index is 12.9. The predicted octanol–water partition coefficient (Wildman–Crippen LogP) is 2.45. The molecule has 1 aliphatic rings. The fourth-order valence-corrected chi connectivity index (χ4v) is 2.34. The molecule has 1 aromatic carbocycles. The highest BCUT2D eigenvalue weighted by Crippen LogP contribution is 2.30. The minimum atomic E-state index is -0.272. The Balaban J connectivity index is 2.12. The molecule has 0 radical (unpaired) electrons. The molecule has 0 aliphatic carbocycles. The Kier molecular flexibility index (Phi) is 2.44. The number of benzene rings is 1. The molecule has 1 amide bonds. The first-order chi connectivity index (χ1) is 8.66. The molecule has 0 atom stereocenters. The number of carbonyl (C=O) groups is 1. The van der Waals surface area contributed by atoms with Gasteiger partial charge in [0.15, 0.2) is 0 Å². The van der Waals surface area contributed by atoms with Crippen LogP contribution in [0, 0.1) is 5.82 Å². The summed E-state index contributed by atoms with van der Waals surface area (Å²) in [6.45, 7) is 0.731. The van der Waals surface area contributed by atoms with Crippen LogP contribution in [0.25, 0.3) is 11.1 Å². The summed E-state index contributed by atoms with van der Waals surface area (Å²) in [7, 11) is 1.80. The van der Waals surface area contributed by atoms with Crippen LogP contribution in [0.15, 0.2) is 30.5 Å². The summed E-state index contributed by atoms with van der Waals surface area (Å²) in [6.07, 6.45) is 2.66. The third-order valence-electron chi connectivity index (χ3n) is 3.37. The molecule has 1 aromatic heterocycles. The van der Waals surface area contributed by atoms with Crippen molar-refractivity contribution in [3.8, 4) is 11.1 Å². The van der Waals surface area contributed by atoms with Crippen LogP contribution < -0.4 is 0 Å². The van der Waals surface area contributed by atoms with E-state index in [0.717, 1.165) is 35.3 Å². The molecule has 3 rings (SSSR count). The van der Waals surface area contributed by atoms with Crippen molar-refractivity contribution in [1.29, 1.82) is 0 Å². The topological polar surface area (TPSA) is 36.1 Å². The number of hydrogen-bond acceptors (Lipinski definition) is 1. The number of likely N-dealkylation sites (N-methyl/N-ethyl adjacent to an activating group) is 1. The average molecular weight is 244 g/mol. The van der Waals surface area contributed by atoms with Gasteiger partial charge in [-0.05, 0) is 17.7 Å². The highest BCUT2D eigenvalue weighted by Gasteiger charge is 2.26. The number of halogens is 1. The molecule has 4 heteroatoms. The van der Waals surface area contributed by atoms with Crippen LogP contribution in [0.2, 0.25) is 0 Å². The van der Waals surface area contributed by atoms with E-state index in [-0.39, 0.29) is 11.7 Å². The monoisotopic (exact) mass is 244 g/mol. The van der Waals surface area contributed by atoms with E-state index in [0.29, 0.717) is 0 Å². The lowest BCUT2D eigenvalue weighted by Gasteiger charge is -2.23. The molecule has 0 fully saturated rings. The van der Waals surface area contributed by atoms with Crippen molar-refractivity contribution in [2.45, 2.75) is 6.42 Å². The molecule has 0 unspecified atom stereocenters. The number of amides is 1. The first kappa shape index (κ1) is 11.0. The zero-order chi connectivity index (χ0) is 12.7. The Bertz CT molecular complexity index is 601. The Labute approximate surface area is 104 Å². The normalized spacial score (nSPS) is 14.8. The molecule has 18 heavy (non-hydrogen) atoms. The molecule has 0 saturated heterocycles. The van der Waals surface area contributed by atoms with E-state index in [1.807, 2.05) is 6.20 Å². The summed E-state index contributed by atoms with van der Waals surface area (Å²) in [5.74, 6) is -0.247. The van der Waals surface area contributed by atoms with Gasteiger partial charge in [-0.25, -0.2) is 4.39 Å². The van der Waals surface area contributed by atoms with E-state index in [1.54, 1.807) is 24.1 Å². The van der Waals surface area contributed by atoms with Gasteiger partial charge in [0.2, 0.25) is 0 Å². The molecule has 2 heterocycles. The van der Waals surface area contributed by atoms with Crippen LogP contribution in [0.3, 0.4) is 0 Å². The third kappa shape index (κ3) is 1.61. The molecule has 2 aromatic rings. The largest absolute Gasteiger partial charge is 0.364 e. The zero-order valence-electron chi connectivity index (χ0n) is 10.0. The van der Waals surface area contributed by atoms with Crippen LogP contribution in [0.4, 0.5) is 4.39 Å². The van der Waals surface area contributed by atoms with Gasteiger partial charge in [0.25, 0.3) is 5.91 Å². The second-order valence-electron chi connectivity index (χ2n) is 4.54. The molecule has 92 valence electrons. The molecule has 1 N–H and O–H groups in total. The van der Waals surface area contributed by atoms with Gasteiger partial charge in [-0.2, -0.15) is 0 Å². The van der Waals surface area contributed by atoms with Gasteiger partial charge in [-0.1, -0.05) is 12.1 Å². The Morgan fingerprint density at radius 1 is 1.28 bits per heavy atom. The summed E-state index contributed by atoms with van der Waals surface area (Å²) >= 11 is 0. The van der Waals surface area contributed by atoms with E-state index in [9.17, 15) is 9.18 Å². The van der Waals surface area contributed by atoms with E-state index >= 15 is 0 Å². The lowest BCUT2D eigenvalue weighted by molar-refractivity contribution is 0.0781. The SMILES string of the molecule is CN1CCc2[nH]cc(-c3ccc(F)cc3)c2C1=O. The molecular weight excluding hydrogens is 231 g/mol. The zero-order valence-corrected chi connectivity index (χ0v) is 10.0. The second-order valence-corrected chi connectivity index (χ2v) is 4.54. The van der Waals surface area contributed by atoms with E-state index in [1.165, 1.54) is 12.1 Å². The van der Waals surface area contributed by atoms with E-state index in [4.69, 9.17) is 0 Å². The number of fused-ring (bicyclic) bond motifs is 1. The van der Waals surface area contributed by atoms with Crippen molar-refractivity contribution in [1.82, 2.24) is 9.88 Å². The summed E-state index contributed by atoms with van der Waals surface area (Å²) in [5, 5.41) is 0. The van der Waals surface area contributed by atoms with E-state index < -0.39 is 0 Å². The minimum absolute atomic E-state index is 0.0248. The van der Waals surface area contributed by atoms with E-state index in [2.05, 4.69) is 4.98 Å². The van der Waals surface area contributed by atoms with Gasteiger partial charge >= 0.3 is 0 Å². The van der Waals surface area contributed by atoms with Crippen LogP contribution in [-0.4, -0.2) is 29.4 Å².